The summed E-state index contributed by atoms with van der Waals surface area (Å²) < 4.78 is 0. The Labute approximate surface area is 181 Å². The Balaban J connectivity index is 0.00000280. The lowest BCUT2D eigenvalue weighted by Crippen LogP contribution is -2.49. The number of nitrogens with zero attached hydrogens (tertiary/aromatic N) is 3. The molecule has 1 heterocycles. The number of para-hydroxylation sites is 1. The summed E-state index contributed by atoms with van der Waals surface area (Å²) >= 11 is 12.1. The van der Waals surface area contributed by atoms with E-state index in [0.717, 1.165) is 42.5 Å². The number of hydrogen-bond donors (Lipinski definition) is 1. The standard InChI is InChI=1S/C20H23Cl2N3O2.ClH/c21-17-7-5-16(6-8-17)13-23-27-15-18(26)14-24-9-11-25(12-10-24)20-4-2-1-3-19(20)22;/h1-8,13,18,26H,9-12,14-15H2;1H. The molecule has 1 aliphatic heterocycles. The smallest absolute Gasteiger partial charge is 0.144 e. The number of halogens is 3. The third kappa shape index (κ3) is 6.83. The van der Waals surface area contributed by atoms with Crippen LogP contribution < -0.4 is 4.90 Å². The minimum atomic E-state index is -0.584. The summed E-state index contributed by atoms with van der Waals surface area (Å²) in [5.41, 5.74) is 1.96. The minimum absolute atomic E-state index is 0. The number of hydrogen-bond acceptors (Lipinski definition) is 5. The predicted molar refractivity (Wildman–Crippen MR) is 118 cm³/mol. The van der Waals surface area contributed by atoms with E-state index in [1.807, 2.05) is 36.4 Å². The molecule has 0 saturated carbocycles. The van der Waals surface area contributed by atoms with Crippen molar-refractivity contribution < 1.29 is 9.94 Å². The topological polar surface area (TPSA) is 48.3 Å². The lowest BCUT2D eigenvalue weighted by Gasteiger charge is -2.37. The molecule has 1 unspecified atom stereocenters. The lowest BCUT2D eigenvalue weighted by molar-refractivity contribution is 0.0187. The molecule has 3 rings (SSSR count). The van der Waals surface area contributed by atoms with E-state index in [1.165, 1.54) is 0 Å². The van der Waals surface area contributed by atoms with Gasteiger partial charge in [0.05, 0.1) is 16.9 Å². The van der Waals surface area contributed by atoms with Crippen LogP contribution in [0, 0.1) is 0 Å². The molecule has 0 spiro atoms. The second-order valence-electron chi connectivity index (χ2n) is 6.47. The summed E-state index contributed by atoms with van der Waals surface area (Å²) in [7, 11) is 0. The van der Waals surface area contributed by atoms with Crippen LogP contribution in [0.15, 0.2) is 53.7 Å². The van der Waals surface area contributed by atoms with Crippen LogP contribution in [0.25, 0.3) is 0 Å². The normalized spacial score (nSPS) is 16.0. The van der Waals surface area contributed by atoms with Crippen LogP contribution in [-0.4, -0.2) is 61.7 Å². The molecule has 0 radical (unpaired) electrons. The highest BCUT2D eigenvalue weighted by Gasteiger charge is 2.20. The van der Waals surface area contributed by atoms with Gasteiger partial charge in [0.15, 0.2) is 0 Å². The number of anilines is 1. The molecule has 0 amide bonds. The molecule has 0 aliphatic carbocycles. The van der Waals surface area contributed by atoms with E-state index >= 15 is 0 Å². The van der Waals surface area contributed by atoms with Crippen LogP contribution in [0.5, 0.6) is 0 Å². The first-order valence-corrected chi connectivity index (χ1v) is 9.68. The third-order valence-corrected chi connectivity index (χ3v) is 5.02. The second-order valence-corrected chi connectivity index (χ2v) is 7.32. The van der Waals surface area contributed by atoms with Gasteiger partial charge >= 0.3 is 0 Å². The first kappa shape index (κ1) is 22.8. The van der Waals surface area contributed by atoms with Gasteiger partial charge in [-0.3, -0.25) is 4.90 Å². The molecule has 1 atom stereocenters. The molecule has 152 valence electrons. The highest BCUT2D eigenvalue weighted by Crippen LogP contribution is 2.26. The monoisotopic (exact) mass is 443 g/mol. The van der Waals surface area contributed by atoms with E-state index in [1.54, 1.807) is 18.3 Å². The van der Waals surface area contributed by atoms with E-state index in [4.69, 9.17) is 28.0 Å². The predicted octanol–water partition coefficient (Wildman–Crippen LogP) is 3.95. The second kappa shape index (κ2) is 11.5. The summed E-state index contributed by atoms with van der Waals surface area (Å²) in [5.74, 6) is 0. The zero-order valence-corrected chi connectivity index (χ0v) is 17.7. The molecule has 1 saturated heterocycles. The fourth-order valence-electron chi connectivity index (χ4n) is 3.01. The SMILES string of the molecule is Cl.OC(CON=Cc1ccc(Cl)cc1)CN1CCN(c2ccccc2Cl)CC1. The van der Waals surface area contributed by atoms with Crippen molar-refractivity contribution >= 4 is 47.5 Å². The van der Waals surface area contributed by atoms with Gasteiger partial charge in [-0.2, -0.15) is 0 Å². The molecular weight excluding hydrogens is 421 g/mol. The van der Waals surface area contributed by atoms with Crippen LogP contribution in [0.2, 0.25) is 10.0 Å². The van der Waals surface area contributed by atoms with Crippen molar-refractivity contribution in [3.8, 4) is 0 Å². The number of β-amino-alcohol motifs (C(OH)–C–C–N with tert-alkyl or cyclic N) is 1. The largest absolute Gasteiger partial charge is 0.393 e. The molecule has 1 fully saturated rings. The quantitative estimate of drug-likeness (QED) is 0.519. The van der Waals surface area contributed by atoms with Crippen molar-refractivity contribution in [2.45, 2.75) is 6.10 Å². The molecule has 8 heteroatoms. The molecule has 2 aromatic carbocycles. The van der Waals surface area contributed by atoms with Crippen molar-refractivity contribution in [1.82, 2.24) is 4.90 Å². The number of rotatable bonds is 7. The molecule has 1 N–H and O–H groups in total. The van der Waals surface area contributed by atoms with E-state index in [9.17, 15) is 5.11 Å². The highest BCUT2D eigenvalue weighted by atomic mass is 35.5. The fourth-order valence-corrected chi connectivity index (χ4v) is 3.39. The first-order valence-electron chi connectivity index (χ1n) is 8.92. The van der Waals surface area contributed by atoms with Crippen molar-refractivity contribution in [2.75, 3.05) is 44.2 Å². The molecule has 5 nitrogen and oxygen atoms in total. The maximum Gasteiger partial charge on any atom is 0.144 e. The Kier molecular flexibility index (Phi) is 9.35. The number of piperazine rings is 1. The average Bonchev–Trinajstić information content (AvgIpc) is 2.68. The Hall–Kier alpha value is -1.50. The van der Waals surface area contributed by atoms with Gasteiger partial charge < -0.3 is 14.8 Å². The Bertz CT molecular complexity index is 751. The average molecular weight is 445 g/mol. The number of aliphatic hydroxyl groups excluding tert-OH is 1. The number of oxime groups is 1. The van der Waals surface area contributed by atoms with Crippen LogP contribution in [0.4, 0.5) is 5.69 Å². The van der Waals surface area contributed by atoms with Crippen molar-refractivity contribution in [2.24, 2.45) is 5.16 Å². The van der Waals surface area contributed by atoms with Gasteiger partial charge in [0.25, 0.3) is 0 Å². The lowest BCUT2D eigenvalue weighted by atomic mass is 10.2. The fraction of sp³-hybridized carbons (Fsp3) is 0.350. The summed E-state index contributed by atoms with van der Waals surface area (Å²) in [6.07, 6.45) is 1.02. The molecular formula is C20H24Cl3N3O2. The first-order chi connectivity index (χ1) is 13.1. The summed E-state index contributed by atoms with van der Waals surface area (Å²) in [4.78, 5) is 9.71. The van der Waals surface area contributed by atoms with Crippen molar-refractivity contribution in [3.05, 3.63) is 64.1 Å². The van der Waals surface area contributed by atoms with E-state index in [0.29, 0.717) is 11.6 Å². The maximum atomic E-state index is 10.2. The van der Waals surface area contributed by atoms with Gasteiger partial charge in [-0.25, -0.2) is 0 Å². The van der Waals surface area contributed by atoms with Gasteiger partial charge in [-0.15, -0.1) is 12.4 Å². The van der Waals surface area contributed by atoms with Crippen LogP contribution in [-0.2, 0) is 4.84 Å². The van der Waals surface area contributed by atoms with Crippen molar-refractivity contribution in [1.29, 1.82) is 0 Å². The molecule has 28 heavy (non-hydrogen) atoms. The van der Waals surface area contributed by atoms with Crippen LogP contribution in [0.1, 0.15) is 5.56 Å². The Morgan fingerprint density at radius 2 is 1.71 bits per heavy atom. The maximum absolute atomic E-state index is 10.2. The zero-order valence-electron chi connectivity index (χ0n) is 15.4. The van der Waals surface area contributed by atoms with E-state index in [2.05, 4.69) is 15.0 Å². The summed E-state index contributed by atoms with van der Waals surface area (Å²) in [6.45, 7) is 4.23. The van der Waals surface area contributed by atoms with Gasteiger partial charge in [0, 0.05) is 37.7 Å². The van der Waals surface area contributed by atoms with Crippen molar-refractivity contribution in [3.63, 3.8) is 0 Å². The van der Waals surface area contributed by atoms with Crippen LogP contribution >= 0.6 is 35.6 Å². The van der Waals surface area contributed by atoms with Gasteiger partial charge in [0.1, 0.15) is 12.7 Å². The number of benzene rings is 2. The Morgan fingerprint density at radius 3 is 2.39 bits per heavy atom. The van der Waals surface area contributed by atoms with Crippen LogP contribution in [0.3, 0.4) is 0 Å². The highest BCUT2D eigenvalue weighted by molar-refractivity contribution is 6.33. The van der Waals surface area contributed by atoms with Gasteiger partial charge in [-0.1, -0.05) is 52.6 Å². The zero-order chi connectivity index (χ0) is 19.1. The number of aliphatic hydroxyl groups is 1. The van der Waals surface area contributed by atoms with E-state index < -0.39 is 6.10 Å². The van der Waals surface area contributed by atoms with Gasteiger partial charge in [-0.05, 0) is 29.8 Å². The van der Waals surface area contributed by atoms with E-state index in [-0.39, 0.29) is 19.0 Å². The Morgan fingerprint density at radius 1 is 1.04 bits per heavy atom. The third-order valence-electron chi connectivity index (χ3n) is 4.45. The van der Waals surface area contributed by atoms with Gasteiger partial charge in [0.2, 0.25) is 0 Å². The summed E-state index contributed by atoms with van der Waals surface area (Å²) in [6, 6.07) is 15.2. The molecule has 0 bridgehead atoms. The molecule has 2 aromatic rings. The molecule has 1 aliphatic rings. The minimum Gasteiger partial charge on any atom is -0.393 e. The molecule has 0 aromatic heterocycles. The summed E-state index contributed by atoms with van der Waals surface area (Å²) in [5, 5.41) is 15.5.